The van der Waals surface area contributed by atoms with E-state index in [9.17, 15) is 15.0 Å². The Morgan fingerprint density at radius 1 is 0.917 bits per heavy atom. The molecule has 126 valence electrons. The van der Waals surface area contributed by atoms with Crippen molar-refractivity contribution in [2.75, 3.05) is 21.3 Å². The van der Waals surface area contributed by atoms with E-state index in [-0.39, 0.29) is 44.9 Å². The average Bonchev–Trinajstić information content (AvgIpc) is 2.53. The van der Waals surface area contributed by atoms with E-state index in [0.29, 0.717) is 5.56 Å². The molecule has 0 saturated carbocycles. The molecule has 3 aromatic rings. The number of phenols is 2. The molecule has 0 atom stereocenters. The Balaban J connectivity index is 2.66. The zero-order valence-electron chi connectivity index (χ0n) is 13.6. The van der Waals surface area contributed by atoms with Gasteiger partial charge in [-0.15, -0.1) is 0 Å². The standard InChI is InChI=1S/C17H16O7/c1-7-5-8(18)6-9-10(7)12(19)11-13(20)15(21-2)17(23-4)16(22-3)14(11)24-9/h5-6,18,20H,1-4H3. The smallest absolute Gasteiger partial charge is 0.211 e. The fourth-order valence-electron chi connectivity index (χ4n) is 2.86. The van der Waals surface area contributed by atoms with E-state index in [0.717, 1.165) is 0 Å². The first-order chi connectivity index (χ1) is 11.4. The molecule has 0 saturated heterocycles. The first-order valence-electron chi connectivity index (χ1n) is 7.05. The van der Waals surface area contributed by atoms with Crippen LogP contribution in [0.25, 0.3) is 21.9 Å². The minimum Gasteiger partial charge on any atom is -0.508 e. The van der Waals surface area contributed by atoms with Crippen molar-refractivity contribution in [3.63, 3.8) is 0 Å². The maximum Gasteiger partial charge on any atom is 0.211 e. The van der Waals surface area contributed by atoms with Crippen LogP contribution in [0, 0.1) is 6.92 Å². The van der Waals surface area contributed by atoms with Crippen LogP contribution in [0.5, 0.6) is 28.7 Å². The van der Waals surface area contributed by atoms with Gasteiger partial charge in [0.05, 0.1) is 26.7 Å². The third-order valence-corrected chi connectivity index (χ3v) is 3.86. The van der Waals surface area contributed by atoms with Gasteiger partial charge in [0.1, 0.15) is 16.7 Å². The second-order valence-electron chi connectivity index (χ2n) is 5.22. The Morgan fingerprint density at radius 2 is 1.54 bits per heavy atom. The van der Waals surface area contributed by atoms with Gasteiger partial charge in [0.25, 0.3) is 0 Å². The van der Waals surface area contributed by atoms with E-state index in [2.05, 4.69) is 0 Å². The summed E-state index contributed by atoms with van der Waals surface area (Å²) in [7, 11) is 4.10. The topological polar surface area (TPSA) is 98.4 Å². The Morgan fingerprint density at radius 3 is 2.12 bits per heavy atom. The Labute approximate surface area is 136 Å². The molecule has 2 N–H and O–H groups in total. The van der Waals surface area contributed by atoms with Crippen molar-refractivity contribution in [2.45, 2.75) is 6.92 Å². The first-order valence-corrected chi connectivity index (χ1v) is 7.05. The molecule has 0 fully saturated rings. The molecule has 0 aliphatic carbocycles. The van der Waals surface area contributed by atoms with Crippen LogP contribution in [0.15, 0.2) is 21.3 Å². The van der Waals surface area contributed by atoms with Crippen LogP contribution in [0.3, 0.4) is 0 Å². The van der Waals surface area contributed by atoms with Crippen LogP contribution in [-0.4, -0.2) is 31.5 Å². The molecule has 0 amide bonds. The molecule has 0 unspecified atom stereocenters. The van der Waals surface area contributed by atoms with Gasteiger partial charge < -0.3 is 28.8 Å². The molecule has 7 heteroatoms. The number of hydrogen-bond acceptors (Lipinski definition) is 7. The molecule has 0 bridgehead atoms. The van der Waals surface area contributed by atoms with Gasteiger partial charge in [-0.25, -0.2) is 0 Å². The van der Waals surface area contributed by atoms with E-state index in [4.69, 9.17) is 18.6 Å². The number of methoxy groups -OCH3 is 3. The van der Waals surface area contributed by atoms with Crippen LogP contribution < -0.4 is 19.6 Å². The lowest BCUT2D eigenvalue weighted by atomic mass is 10.1. The second kappa shape index (κ2) is 5.52. The van der Waals surface area contributed by atoms with Crippen molar-refractivity contribution < 1.29 is 28.8 Å². The van der Waals surface area contributed by atoms with Gasteiger partial charge in [0, 0.05) is 6.07 Å². The minimum atomic E-state index is -0.458. The van der Waals surface area contributed by atoms with Crippen molar-refractivity contribution in [3.8, 4) is 28.7 Å². The van der Waals surface area contributed by atoms with Crippen molar-refractivity contribution in [3.05, 3.63) is 27.9 Å². The van der Waals surface area contributed by atoms with Crippen molar-refractivity contribution >= 4 is 21.9 Å². The summed E-state index contributed by atoms with van der Waals surface area (Å²) >= 11 is 0. The maximum atomic E-state index is 12.9. The van der Waals surface area contributed by atoms with Crippen LogP contribution >= 0.6 is 0 Å². The molecule has 0 radical (unpaired) electrons. The predicted molar refractivity (Wildman–Crippen MR) is 87.7 cm³/mol. The number of benzene rings is 2. The van der Waals surface area contributed by atoms with Crippen molar-refractivity contribution in [2.24, 2.45) is 0 Å². The summed E-state index contributed by atoms with van der Waals surface area (Å²) in [4.78, 5) is 12.9. The summed E-state index contributed by atoms with van der Waals surface area (Å²) < 4.78 is 21.4. The Kier molecular flexibility index (Phi) is 3.63. The number of aromatic hydroxyl groups is 2. The fraction of sp³-hybridized carbons (Fsp3) is 0.235. The highest BCUT2D eigenvalue weighted by molar-refractivity contribution is 6.00. The number of ether oxygens (including phenoxy) is 3. The highest BCUT2D eigenvalue weighted by atomic mass is 16.5. The molecule has 7 nitrogen and oxygen atoms in total. The molecule has 0 aliphatic heterocycles. The van der Waals surface area contributed by atoms with Gasteiger partial charge in [-0.05, 0) is 18.6 Å². The average molecular weight is 332 g/mol. The molecule has 0 aliphatic rings. The van der Waals surface area contributed by atoms with Gasteiger partial charge in [-0.3, -0.25) is 4.79 Å². The molecule has 2 aromatic carbocycles. The zero-order chi connectivity index (χ0) is 17.6. The third kappa shape index (κ3) is 2.01. The quantitative estimate of drug-likeness (QED) is 0.711. The molecule has 1 aromatic heterocycles. The van der Waals surface area contributed by atoms with Crippen molar-refractivity contribution in [1.29, 1.82) is 0 Å². The number of phenolic OH excluding ortho intramolecular Hbond substituents is 2. The monoisotopic (exact) mass is 332 g/mol. The predicted octanol–water partition coefficient (Wildman–Crippen LogP) is 2.69. The summed E-state index contributed by atoms with van der Waals surface area (Å²) in [5.41, 5.74) is 0.249. The lowest BCUT2D eigenvalue weighted by Gasteiger charge is -2.16. The highest BCUT2D eigenvalue weighted by Gasteiger charge is 2.27. The lowest BCUT2D eigenvalue weighted by molar-refractivity contribution is 0.311. The highest BCUT2D eigenvalue weighted by Crippen LogP contribution is 2.50. The largest absolute Gasteiger partial charge is 0.508 e. The lowest BCUT2D eigenvalue weighted by Crippen LogP contribution is -2.07. The van der Waals surface area contributed by atoms with Crippen molar-refractivity contribution in [1.82, 2.24) is 0 Å². The van der Waals surface area contributed by atoms with E-state index in [1.165, 1.54) is 33.5 Å². The van der Waals surface area contributed by atoms with Gasteiger partial charge in [-0.2, -0.15) is 0 Å². The van der Waals surface area contributed by atoms with Crippen LogP contribution in [0.2, 0.25) is 0 Å². The number of aryl methyl sites for hydroxylation is 1. The minimum absolute atomic E-state index is 0.00940. The molecular formula is C17H16O7. The van der Waals surface area contributed by atoms with E-state index < -0.39 is 11.2 Å². The summed E-state index contributed by atoms with van der Waals surface area (Å²) in [5.74, 6) is -0.240. The maximum absolute atomic E-state index is 12.9. The van der Waals surface area contributed by atoms with Crippen LogP contribution in [-0.2, 0) is 0 Å². The molecule has 0 spiro atoms. The normalized spacial score (nSPS) is 11.0. The zero-order valence-corrected chi connectivity index (χ0v) is 13.6. The van der Waals surface area contributed by atoms with Gasteiger partial charge >= 0.3 is 0 Å². The summed E-state index contributed by atoms with van der Waals surface area (Å²) in [6, 6.07) is 2.77. The van der Waals surface area contributed by atoms with Crippen LogP contribution in [0.1, 0.15) is 5.56 Å². The fourth-order valence-corrected chi connectivity index (χ4v) is 2.86. The third-order valence-electron chi connectivity index (χ3n) is 3.86. The van der Waals surface area contributed by atoms with E-state index in [1.807, 2.05) is 0 Å². The van der Waals surface area contributed by atoms with E-state index in [1.54, 1.807) is 6.92 Å². The Bertz CT molecular complexity index is 1020. The van der Waals surface area contributed by atoms with E-state index >= 15 is 0 Å². The SMILES string of the molecule is COc1c(OC)c(O)c2c(=O)c3c(C)cc(O)cc3oc2c1OC. The van der Waals surface area contributed by atoms with Gasteiger partial charge in [-0.1, -0.05) is 0 Å². The number of rotatable bonds is 3. The first kappa shape index (κ1) is 15.8. The van der Waals surface area contributed by atoms with Gasteiger partial charge in [0.2, 0.25) is 22.7 Å². The molecular weight excluding hydrogens is 316 g/mol. The summed E-state index contributed by atoms with van der Waals surface area (Å²) in [6.45, 7) is 1.67. The molecule has 24 heavy (non-hydrogen) atoms. The molecule has 3 rings (SSSR count). The number of fused-ring (bicyclic) bond motifs is 2. The second-order valence-corrected chi connectivity index (χ2v) is 5.22. The number of hydrogen-bond donors (Lipinski definition) is 2. The van der Waals surface area contributed by atoms with Crippen LogP contribution in [0.4, 0.5) is 0 Å². The molecule has 1 heterocycles. The van der Waals surface area contributed by atoms with Gasteiger partial charge in [0.15, 0.2) is 11.3 Å². The summed E-state index contributed by atoms with van der Waals surface area (Å²) in [5, 5.41) is 20.4. The Hall–Kier alpha value is -3.09. The summed E-state index contributed by atoms with van der Waals surface area (Å²) in [6.07, 6.45) is 0.